The zero-order chi connectivity index (χ0) is 13.9. The predicted molar refractivity (Wildman–Crippen MR) is 80.5 cm³/mol. The van der Waals surface area contributed by atoms with Crippen molar-refractivity contribution in [2.45, 2.75) is 13.0 Å². The van der Waals surface area contributed by atoms with Gasteiger partial charge < -0.3 is 14.5 Å². The first-order valence-corrected chi connectivity index (χ1v) is 8.74. The molecular formula is C12H18N4O2S2. The molecule has 0 saturated carbocycles. The molecule has 2 fully saturated rings. The fourth-order valence-corrected chi connectivity index (χ4v) is 4.00. The highest BCUT2D eigenvalue weighted by atomic mass is 32.2. The molecule has 3 heterocycles. The van der Waals surface area contributed by atoms with Crippen molar-refractivity contribution in [2.24, 2.45) is 0 Å². The number of anilines is 1. The topological polar surface area (TPSA) is 58.6 Å². The van der Waals surface area contributed by atoms with E-state index in [2.05, 4.69) is 15.1 Å². The molecule has 6 nitrogen and oxygen atoms in total. The van der Waals surface area contributed by atoms with Gasteiger partial charge in [0.25, 0.3) is 5.91 Å². The van der Waals surface area contributed by atoms with Gasteiger partial charge in [0.15, 0.2) is 6.10 Å². The number of nitrogens with zero attached hydrogens (tertiary/aromatic N) is 4. The third-order valence-electron chi connectivity index (χ3n) is 3.45. The summed E-state index contributed by atoms with van der Waals surface area (Å²) in [5.41, 5.74) is 0. The first-order valence-electron chi connectivity index (χ1n) is 6.77. The molecule has 0 aliphatic carbocycles. The van der Waals surface area contributed by atoms with Gasteiger partial charge >= 0.3 is 0 Å². The molecule has 3 rings (SSSR count). The quantitative estimate of drug-likeness (QED) is 0.798. The second-order valence-electron chi connectivity index (χ2n) is 4.85. The van der Waals surface area contributed by atoms with Crippen LogP contribution in [0.5, 0.6) is 0 Å². The highest BCUT2D eigenvalue weighted by Gasteiger charge is 2.31. The lowest BCUT2D eigenvalue weighted by molar-refractivity contribution is -0.144. The van der Waals surface area contributed by atoms with Crippen molar-refractivity contribution in [1.29, 1.82) is 0 Å². The molecule has 0 bridgehead atoms. The monoisotopic (exact) mass is 314 g/mol. The molecule has 1 amide bonds. The highest BCUT2D eigenvalue weighted by molar-refractivity contribution is 7.99. The number of rotatable bonds is 2. The minimum absolute atomic E-state index is 0.122. The van der Waals surface area contributed by atoms with Gasteiger partial charge in [-0.1, -0.05) is 11.3 Å². The van der Waals surface area contributed by atoms with Crippen LogP contribution in [0.3, 0.4) is 0 Å². The number of hydrogen-bond acceptors (Lipinski definition) is 7. The van der Waals surface area contributed by atoms with E-state index in [0.29, 0.717) is 13.2 Å². The minimum atomic E-state index is -0.365. The van der Waals surface area contributed by atoms with Crippen LogP contribution in [-0.2, 0) is 9.53 Å². The lowest BCUT2D eigenvalue weighted by atomic mass is 10.2. The zero-order valence-corrected chi connectivity index (χ0v) is 13.1. The van der Waals surface area contributed by atoms with Crippen LogP contribution in [0, 0.1) is 6.92 Å². The Morgan fingerprint density at radius 3 is 2.80 bits per heavy atom. The van der Waals surface area contributed by atoms with Gasteiger partial charge in [-0.3, -0.25) is 4.79 Å². The summed E-state index contributed by atoms with van der Waals surface area (Å²) in [6, 6.07) is 0. The summed E-state index contributed by atoms with van der Waals surface area (Å²) in [7, 11) is 0. The summed E-state index contributed by atoms with van der Waals surface area (Å²) in [5.74, 6) is 2.17. The minimum Gasteiger partial charge on any atom is -0.365 e. The Kier molecular flexibility index (Phi) is 4.42. The number of aryl methyl sites for hydroxylation is 1. The van der Waals surface area contributed by atoms with Crippen LogP contribution < -0.4 is 4.90 Å². The Hall–Kier alpha value is -0.860. The number of aromatic nitrogens is 2. The average Bonchev–Trinajstić information content (AvgIpc) is 2.94. The summed E-state index contributed by atoms with van der Waals surface area (Å²) in [4.78, 5) is 16.5. The highest BCUT2D eigenvalue weighted by Crippen LogP contribution is 2.22. The van der Waals surface area contributed by atoms with Gasteiger partial charge in [-0.25, -0.2) is 0 Å². The largest absolute Gasteiger partial charge is 0.365 e. The molecule has 110 valence electrons. The van der Waals surface area contributed by atoms with E-state index in [1.165, 1.54) is 0 Å². The van der Waals surface area contributed by atoms with Crippen LogP contribution in [0.4, 0.5) is 5.13 Å². The number of amides is 1. The van der Waals surface area contributed by atoms with Crippen LogP contribution in [-0.4, -0.2) is 71.4 Å². The molecule has 1 aromatic heterocycles. The fourth-order valence-electron chi connectivity index (χ4n) is 2.37. The number of hydrogen-bond donors (Lipinski definition) is 0. The van der Waals surface area contributed by atoms with Gasteiger partial charge in [-0.2, -0.15) is 11.8 Å². The Morgan fingerprint density at radius 2 is 2.10 bits per heavy atom. The molecule has 20 heavy (non-hydrogen) atoms. The van der Waals surface area contributed by atoms with Gasteiger partial charge in [0.1, 0.15) is 5.01 Å². The lowest BCUT2D eigenvalue weighted by Crippen LogP contribution is -2.52. The summed E-state index contributed by atoms with van der Waals surface area (Å²) in [6.45, 7) is 5.53. The number of ether oxygens (including phenoxy) is 1. The molecule has 0 N–H and O–H groups in total. The summed E-state index contributed by atoms with van der Waals surface area (Å²) < 4.78 is 5.67. The summed E-state index contributed by atoms with van der Waals surface area (Å²) in [5, 5.41) is 10.0. The number of thioether (sulfide) groups is 1. The second kappa shape index (κ2) is 6.28. The van der Waals surface area contributed by atoms with Crippen molar-refractivity contribution >= 4 is 34.1 Å². The maximum absolute atomic E-state index is 12.5. The fraction of sp³-hybridized carbons (Fsp3) is 0.750. The Balaban J connectivity index is 1.63. The third kappa shape index (κ3) is 3.07. The van der Waals surface area contributed by atoms with E-state index in [0.717, 1.165) is 41.3 Å². The van der Waals surface area contributed by atoms with Crippen molar-refractivity contribution in [2.75, 3.05) is 49.2 Å². The molecule has 0 aromatic carbocycles. The number of carbonyl (C=O) groups excluding carboxylic acids is 1. The predicted octanol–water partition coefficient (Wildman–Crippen LogP) is 0.627. The number of morpholine rings is 1. The van der Waals surface area contributed by atoms with Crippen molar-refractivity contribution in [3.8, 4) is 0 Å². The number of carbonyl (C=O) groups is 1. The van der Waals surface area contributed by atoms with E-state index >= 15 is 0 Å². The molecule has 8 heteroatoms. The van der Waals surface area contributed by atoms with Crippen LogP contribution in [0.25, 0.3) is 0 Å². The summed E-state index contributed by atoms with van der Waals surface area (Å²) >= 11 is 3.46. The molecular weight excluding hydrogens is 296 g/mol. The first-order chi connectivity index (χ1) is 9.74. The van der Waals surface area contributed by atoms with Gasteiger partial charge in [0.2, 0.25) is 5.13 Å². The van der Waals surface area contributed by atoms with E-state index in [-0.39, 0.29) is 12.0 Å². The van der Waals surface area contributed by atoms with E-state index in [1.54, 1.807) is 11.3 Å². The molecule has 1 unspecified atom stereocenters. The SMILES string of the molecule is Cc1nnc(N2CCOC(C(=O)N3CCSCC3)C2)s1. The smallest absolute Gasteiger partial charge is 0.253 e. The standard InChI is InChI=1S/C12H18N4O2S2/c1-9-13-14-12(20-9)16-2-5-18-10(8-16)11(17)15-3-6-19-7-4-15/h10H,2-8H2,1H3. The Bertz CT molecular complexity index is 476. The maximum atomic E-state index is 12.5. The first kappa shape index (κ1) is 14.1. The van der Waals surface area contributed by atoms with Gasteiger partial charge in [-0.15, -0.1) is 10.2 Å². The van der Waals surface area contributed by atoms with Gasteiger partial charge in [-0.05, 0) is 6.92 Å². The van der Waals surface area contributed by atoms with Gasteiger partial charge in [0.05, 0.1) is 13.2 Å². The van der Waals surface area contributed by atoms with Crippen LogP contribution in [0.1, 0.15) is 5.01 Å². The van der Waals surface area contributed by atoms with Crippen LogP contribution in [0.2, 0.25) is 0 Å². The molecule has 2 aliphatic rings. The molecule has 1 aromatic rings. The zero-order valence-electron chi connectivity index (χ0n) is 11.4. The Labute approximate surface area is 126 Å². The molecule has 0 spiro atoms. The van der Waals surface area contributed by atoms with E-state index in [1.807, 2.05) is 23.6 Å². The van der Waals surface area contributed by atoms with Crippen LogP contribution >= 0.6 is 23.1 Å². The second-order valence-corrected chi connectivity index (χ2v) is 7.23. The maximum Gasteiger partial charge on any atom is 0.253 e. The normalized spacial score (nSPS) is 23.9. The van der Waals surface area contributed by atoms with Crippen molar-refractivity contribution in [1.82, 2.24) is 15.1 Å². The Morgan fingerprint density at radius 1 is 1.30 bits per heavy atom. The van der Waals surface area contributed by atoms with Crippen molar-refractivity contribution in [3.63, 3.8) is 0 Å². The molecule has 0 radical (unpaired) electrons. The summed E-state index contributed by atoms with van der Waals surface area (Å²) in [6.07, 6.45) is -0.365. The van der Waals surface area contributed by atoms with Crippen LogP contribution in [0.15, 0.2) is 0 Å². The van der Waals surface area contributed by atoms with E-state index in [9.17, 15) is 4.79 Å². The lowest BCUT2D eigenvalue weighted by Gasteiger charge is -2.35. The van der Waals surface area contributed by atoms with Crippen molar-refractivity contribution in [3.05, 3.63) is 5.01 Å². The van der Waals surface area contributed by atoms with Gasteiger partial charge in [0, 0.05) is 31.1 Å². The molecule has 2 aliphatic heterocycles. The van der Waals surface area contributed by atoms with E-state index in [4.69, 9.17) is 4.74 Å². The third-order valence-corrected chi connectivity index (χ3v) is 5.29. The molecule has 1 atom stereocenters. The van der Waals surface area contributed by atoms with Crippen molar-refractivity contribution < 1.29 is 9.53 Å². The molecule has 2 saturated heterocycles. The average molecular weight is 314 g/mol. The van der Waals surface area contributed by atoms with E-state index < -0.39 is 0 Å².